The van der Waals surface area contributed by atoms with Crippen molar-refractivity contribution in [1.82, 2.24) is 0 Å². The number of benzene rings is 1. The van der Waals surface area contributed by atoms with Crippen molar-refractivity contribution in [3.8, 4) is 5.75 Å². The van der Waals surface area contributed by atoms with Crippen molar-refractivity contribution >= 4 is 18.3 Å². The Hall–Kier alpha value is -2.24. The van der Waals surface area contributed by atoms with Gasteiger partial charge in [-0.05, 0) is 12.1 Å². The van der Waals surface area contributed by atoms with Gasteiger partial charge in [-0.3, -0.25) is 10.1 Å². The fourth-order valence-electron chi connectivity index (χ4n) is 1.27. The second-order valence-electron chi connectivity index (χ2n) is 2.98. The third-order valence-corrected chi connectivity index (χ3v) is 2.08. The molecule has 1 aromatic carbocycles. The summed E-state index contributed by atoms with van der Waals surface area (Å²) < 4.78 is 4.87. The van der Waals surface area contributed by atoms with Gasteiger partial charge in [-0.15, -0.1) is 0 Å². The van der Waals surface area contributed by atoms with E-state index in [4.69, 9.17) is 4.74 Å². The Morgan fingerprint density at radius 2 is 2.00 bits per heavy atom. The molecule has 1 rings (SSSR count). The molecule has 84 valence electrons. The van der Waals surface area contributed by atoms with Crippen LogP contribution in [-0.4, -0.2) is 24.6 Å². The predicted molar refractivity (Wildman–Crippen MR) is 54.5 cm³/mol. The zero-order chi connectivity index (χ0) is 12.1. The Bertz CT molecular complexity index is 421. The van der Waals surface area contributed by atoms with Crippen molar-refractivity contribution < 1.29 is 19.2 Å². The number of nitrogens with zero attached hydrogens (tertiary/aromatic N) is 1. The number of nitro benzene ring substituents is 1. The maximum absolute atomic E-state index is 10.7. The topological polar surface area (TPSA) is 86.5 Å². The summed E-state index contributed by atoms with van der Waals surface area (Å²) in [4.78, 5) is 31.3. The van der Waals surface area contributed by atoms with Gasteiger partial charge >= 0.3 is 0 Å². The van der Waals surface area contributed by atoms with Crippen LogP contribution in [0.25, 0.3) is 0 Å². The summed E-state index contributed by atoms with van der Waals surface area (Å²) >= 11 is 0. The highest BCUT2D eigenvalue weighted by atomic mass is 16.6. The standard InChI is InChI=1S/C10H9NO5/c1-16-8-2-3-10(11(14)15)9(4-8)7(5-12)6-13/h2-7H,1H3. The molecule has 16 heavy (non-hydrogen) atoms. The van der Waals surface area contributed by atoms with Crippen LogP contribution in [0.2, 0.25) is 0 Å². The quantitative estimate of drug-likeness (QED) is 0.322. The van der Waals surface area contributed by atoms with Crippen molar-refractivity contribution in [2.45, 2.75) is 5.92 Å². The van der Waals surface area contributed by atoms with Gasteiger partial charge in [0.15, 0.2) is 0 Å². The molecule has 0 aromatic heterocycles. The monoisotopic (exact) mass is 223 g/mol. The van der Waals surface area contributed by atoms with Gasteiger partial charge in [0.2, 0.25) is 0 Å². The van der Waals surface area contributed by atoms with E-state index < -0.39 is 10.8 Å². The average molecular weight is 223 g/mol. The lowest BCUT2D eigenvalue weighted by atomic mass is 10.00. The van der Waals surface area contributed by atoms with Gasteiger partial charge in [-0.25, -0.2) is 0 Å². The summed E-state index contributed by atoms with van der Waals surface area (Å²) in [5, 5.41) is 10.7. The van der Waals surface area contributed by atoms with Gasteiger partial charge in [0.05, 0.1) is 17.6 Å². The van der Waals surface area contributed by atoms with E-state index in [1.54, 1.807) is 0 Å². The van der Waals surface area contributed by atoms with E-state index in [0.717, 1.165) is 0 Å². The number of carbonyl (C=O) groups is 2. The van der Waals surface area contributed by atoms with Crippen LogP contribution in [-0.2, 0) is 9.59 Å². The number of hydrogen-bond acceptors (Lipinski definition) is 5. The third kappa shape index (κ3) is 2.22. The van der Waals surface area contributed by atoms with E-state index in [-0.39, 0.29) is 11.3 Å². The minimum absolute atomic E-state index is 0.0364. The van der Waals surface area contributed by atoms with E-state index in [0.29, 0.717) is 18.3 Å². The summed E-state index contributed by atoms with van der Waals surface area (Å²) in [6, 6.07) is 3.91. The Labute approximate surface area is 91.0 Å². The van der Waals surface area contributed by atoms with Crippen LogP contribution in [0.4, 0.5) is 5.69 Å². The number of hydrogen-bond donors (Lipinski definition) is 0. The first-order valence-electron chi connectivity index (χ1n) is 4.37. The minimum atomic E-state index is -1.14. The number of aldehydes is 2. The molecule has 0 amide bonds. The summed E-state index contributed by atoms with van der Waals surface area (Å²) in [6.07, 6.45) is 0.712. The normalized spacial score (nSPS) is 9.88. The molecule has 0 radical (unpaired) electrons. The van der Waals surface area contributed by atoms with E-state index in [9.17, 15) is 19.7 Å². The number of ether oxygens (including phenoxy) is 1. The Morgan fingerprint density at radius 1 is 1.38 bits per heavy atom. The predicted octanol–water partition coefficient (Wildman–Crippen LogP) is 1.08. The maximum atomic E-state index is 10.7. The molecule has 0 saturated carbocycles. The highest BCUT2D eigenvalue weighted by molar-refractivity contribution is 5.86. The van der Waals surface area contributed by atoms with Gasteiger partial charge in [-0.2, -0.15) is 0 Å². The molecule has 0 bridgehead atoms. The molecular formula is C10H9NO5. The molecule has 0 atom stereocenters. The molecule has 0 heterocycles. The third-order valence-electron chi connectivity index (χ3n) is 2.08. The molecule has 0 aliphatic rings. The van der Waals surface area contributed by atoms with E-state index in [1.807, 2.05) is 0 Å². The summed E-state index contributed by atoms with van der Waals surface area (Å²) in [7, 11) is 1.39. The van der Waals surface area contributed by atoms with E-state index in [2.05, 4.69) is 0 Å². The first kappa shape index (κ1) is 11.8. The summed E-state index contributed by atoms with van der Waals surface area (Å²) in [6.45, 7) is 0. The lowest BCUT2D eigenvalue weighted by Crippen LogP contribution is -2.05. The fourth-order valence-corrected chi connectivity index (χ4v) is 1.27. The summed E-state index contributed by atoms with van der Waals surface area (Å²) in [5.41, 5.74) is -0.237. The van der Waals surface area contributed by atoms with Gasteiger partial charge in [0, 0.05) is 6.07 Å². The lowest BCUT2D eigenvalue weighted by molar-refractivity contribution is -0.385. The lowest BCUT2D eigenvalue weighted by Gasteiger charge is -2.06. The smallest absolute Gasteiger partial charge is 0.274 e. The SMILES string of the molecule is COc1ccc([N+](=O)[O-])c(C(C=O)C=O)c1. The average Bonchev–Trinajstić information content (AvgIpc) is 2.30. The zero-order valence-corrected chi connectivity index (χ0v) is 8.45. The zero-order valence-electron chi connectivity index (χ0n) is 8.45. The van der Waals surface area contributed by atoms with Crippen LogP contribution in [0.5, 0.6) is 5.75 Å². The number of rotatable bonds is 5. The second kappa shape index (κ2) is 5.01. The Morgan fingerprint density at radius 3 is 2.44 bits per heavy atom. The first-order valence-corrected chi connectivity index (χ1v) is 4.37. The summed E-state index contributed by atoms with van der Waals surface area (Å²) in [5.74, 6) is -0.787. The Balaban J connectivity index is 3.34. The van der Waals surface area contributed by atoms with E-state index >= 15 is 0 Å². The molecule has 0 aliphatic heterocycles. The molecule has 0 N–H and O–H groups in total. The van der Waals surface area contributed by atoms with Crippen molar-refractivity contribution in [3.05, 3.63) is 33.9 Å². The molecule has 6 nitrogen and oxygen atoms in total. The number of nitro groups is 1. The molecule has 0 spiro atoms. The molecule has 0 unspecified atom stereocenters. The van der Waals surface area contributed by atoms with Crippen LogP contribution in [0.3, 0.4) is 0 Å². The van der Waals surface area contributed by atoms with Crippen molar-refractivity contribution in [2.75, 3.05) is 7.11 Å². The Kier molecular flexibility index (Phi) is 3.71. The maximum Gasteiger partial charge on any atom is 0.274 e. The van der Waals surface area contributed by atoms with Gasteiger partial charge in [-0.1, -0.05) is 0 Å². The molecule has 6 heteroatoms. The molecule has 1 aromatic rings. The van der Waals surface area contributed by atoms with E-state index in [1.165, 1.54) is 25.3 Å². The minimum Gasteiger partial charge on any atom is -0.497 e. The number of methoxy groups -OCH3 is 1. The van der Waals surface area contributed by atoms with Crippen LogP contribution in [0.15, 0.2) is 18.2 Å². The van der Waals surface area contributed by atoms with Gasteiger partial charge in [0.1, 0.15) is 24.2 Å². The highest BCUT2D eigenvalue weighted by Crippen LogP contribution is 2.28. The van der Waals surface area contributed by atoms with Crippen molar-refractivity contribution in [2.24, 2.45) is 0 Å². The largest absolute Gasteiger partial charge is 0.497 e. The molecule has 0 aliphatic carbocycles. The van der Waals surface area contributed by atoms with Crippen LogP contribution >= 0.6 is 0 Å². The van der Waals surface area contributed by atoms with Crippen LogP contribution in [0, 0.1) is 10.1 Å². The van der Waals surface area contributed by atoms with Crippen molar-refractivity contribution in [3.63, 3.8) is 0 Å². The first-order chi connectivity index (χ1) is 7.63. The van der Waals surface area contributed by atoms with Gasteiger partial charge < -0.3 is 14.3 Å². The molecular weight excluding hydrogens is 214 g/mol. The van der Waals surface area contributed by atoms with Crippen LogP contribution < -0.4 is 4.74 Å². The van der Waals surface area contributed by atoms with Gasteiger partial charge in [0.25, 0.3) is 5.69 Å². The molecule has 0 fully saturated rings. The van der Waals surface area contributed by atoms with Crippen LogP contribution in [0.1, 0.15) is 11.5 Å². The second-order valence-corrected chi connectivity index (χ2v) is 2.98. The molecule has 0 saturated heterocycles. The highest BCUT2D eigenvalue weighted by Gasteiger charge is 2.22. The fraction of sp³-hybridized carbons (Fsp3) is 0.200. The number of carbonyl (C=O) groups excluding carboxylic acids is 2. The van der Waals surface area contributed by atoms with Crippen molar-refractivity contribution in [1.29, 1.82) is 0 Å².